The van der Waals surface area contributed by atoms with Crippen LogP contribution in [0.25, 0.3) is 11.3 Å². The second-order valence-corrected chi connectivity index (χ2v) is 8.57. The zero-order valence-corrected chi connectivity index (χ0v) is 20.9. The molecule has 0 atom stereocenters. The van der Waals surface area contributed by atoms with Crippen molar-refractivity contribution >= 4 is 17.5 Å². The van der Waals surface area contributed by atoms with Crippen molar-refractivity contribution in [1.82, 2.24) is 15.1 Å². The molecule has 190 valence electrons. The topological polar surface area (TPSA) is 96.5 Å². The number of carbonyl (C=O) groups is 2. The van der Waals surface area contributed by atoms with Crippen LogP contribution in [0.1, 0.15) is 22.5 Å². The number of aromatic nitrogens is 2. The number of rotatable bonds is 11. The first-order chi connectivity index (χ1) is 18.0. The smallest absolute Gasteiger partial charge is 0.262 e. The molecule has 0 aliphatic rings. The maximum absolute atomic E-state index is 12.8. The summed E-state index contributed by atoms with van der Waals surface area (Å²) in [5.74, 6) is 0.800. The summed E-state index contributed by atoms with van der Waals surface area (Å²) in [6.45, 7) is 0.464. The number of amides is 2. The van der Waals surface area contributed by atoms with Gasteiger partial charge in [-0.25, -0.2) is 0 Å². The van der Waals surface area contributed by atoms with Gasteiger partial charge in [-0.2, -0.15) is 5.10 Å². The number of H-pyrrole nitrogens is 1. The average Bonchev–Trinajstić information content (AvgIpc) is 3.41. The predicted molar refractivity (Wildman–Crippen MR) is 143 cm³/mol. The lowest BCUT2D eigenvalue weighted by Gasteiger charge is -2.17. The van der Waals surface area contributed by atoms with Crippen molar-refractivity contribution in [3.05, 3.63) is 96.2 Å². The number of hydrogen-bond donors (Lipinski definition) is 2. The third-order valence-electron chi connectivity index (χ3n) is 5.81. The number of nitrogens with zero attached hydrogens (tertiary/aromatic N) is 2. The fourth-order valence-corrected chi connectivity index (χ4v) is 3.82. The summed E-state index contributed by atoms with van der Waals surface area (Å²) in [6, 6.07) is 25.9. The first-order valence-electron chi connectivity index (χ1n) is 12.0. The van der Waals surface area contributed by atoms with Crippen LogP contribution in [0, 0.1) is 0 Å². The quantitative estimate of drug-likeness (QED) is 0.309. The Morgan fingerprint density at radius 2 is 1.73 bits per heavy atom. The number of anilines is 1. The lowest BCUT2D eigenvalue weighted by atomic mass is 10.1. The fraction of sp³-hybridized carbons (Fsp3) is 0.207. The van der Waals surface area contributed by atoms with Crippen molar-refractivity contribution in [3.63, 3.8) is 0 Å². The van der Waals surface area contributed by atoms with Gasteiger partial charge in [-0.05, 0) is 55.3 Å². The molecule has 0 bridgehead atoms. The van der Waals surface area contributed by atoms with Gasteiger partial charge in [0, 0.05) is 42.2 Å². The summed E-state index contributed by atoms with van der Waals surface area (Å²) >= 11 is 0. The van der Waals surface area contributed by atoms with Gasteiger partial charge in [0.2, 0.25) is 0 Å². The molecule has 0 saturated heterocycles. The van der Waals surface area contributed by atoms with Crippen LogP contribution in [0.15, 0.2) is 84.9 Å². The highest BCUT2D eigenvalue weighted by atomic mass is 16.5. The Balaban J connectivity index is 1.21. The molecule has 0 unspecified atom stereocenters. The Bertz CT molecular complexity index is 1320. The van der Waals surface area contributed by atoms with Gasteiger partial charge >= 0.3 is 0 Å². The van der Waals surface area contributed by atoms with Gasteiger partial charge in [0.25, 0.3) is 11.8 Å². The van der Waals surface area contributed by atoms with Gasteiger partial charge in [0.15, 0.2) is 6.61 Å². The predicted octanol–water partition coefficient (Wildman–Crippen LogP) is 4.81. The molecular formula is C29H30N4O4. The van der Waals surface area contributed by atoms with Crippen LogP contribution < -0.4 is 14.8 Å². The van der Waals surface area contributed by atoms with Crippen molar-refractivity contribution in [2.45, 2.75) is 12.8 Å². The number of hydrogen-bond acceptors (Lipinski definition) is 5. The number of carbonyl (C=O) groups excluding carboxylic acids is 2. The average molecular weight is 499 g/mol. The molecule has 0 radical (unpaired) electrons. The molecule has 37 heavy (non-hydrogen) atoms. The molecule has 2 amide bonds. The molecule has 1 heterocycles. The van der Waals surface area contributed by atoms with E-state index < -0.39 is 0 Å². The maximum atomic E-state index is 12.8. The highest BCUT2D eigenvalue weighted by Gasteiger charge is 2.13. The van der Waals surface area contributed by atoms with E-state index in [0.29, 0.717) is 29.3 Å². The van der Waals surface area contributed by atoms with Crippen molar-refractivity contribution in [1.29, 1.82) is 0 Å². The van der Waals surface area contributed by atoms with Gasteiger partial charge in [0.05, 0.1) is 12.8 Å². The van der Waals surface area contributed by atoms with Crippen LogP contribution >= 0.6 is 0 Å². The zero-order valence-electron chi connectivity index (χ0n) is 20.9. The van der Waals surface area contributed by atoms with E-state index in [1.165, 1.54) is 0 Å². The molecular weight excluding hydrogens is 468 g/mol. The van der Waals surface area contributed by atoms with Crippen LogP contribution in [0.2, 0.25) is 0 Å². The van der Waals surface area contributed by atoms with E-state index in [0.717, 1.165) is 29.8 Å². The molecule has 8 heteroatoms. The van der Waals surface area contributed by atoms with Crippen LogP contribution in [0.3, 0.4) is 0 Å². The van der Waals surface area contributed by atoms with Gasteiger partial charge in [-0.1, -0.05) is 36.4 Å². The molecule has 3 aromatic carbocycles. The number of ether oxygens (including phenoxy) is 2. The molecule has 0 saturated carbocycles. The molecule has 4 rings (SSSR count). The molecule has 8 nitrogen and oxygen atoms in total. The van der Waals surface area contributed by atoms with Crippen LogP contribution in [-0.4, -0.2) is 54.2 Å². The number of nitrogens with one attached hydrogen (secondary N) is 2. The molecule has 2 N–H and O–H groups in total. The Morgan fingerprint density at radius 1 is 0.946 bits per heavy atom. The van der Waals surface area contributed by atoms with Crippen LogP contribution in [-0.2, 0) is 11.2 Å². The van der Waals surface area contributed by atoms with Gasteiger partial charge in [-0.15, -0.1) is 0 Å². The minimum Gasteiger partial charge on any atom is -0.497 e. The molecule has 0 aliphatic heterocycles. The van der Waals surface area contributed by atoms with Gasteiger partial charge in [-0.3, -0.25) is 14.7 Å². The lowest BCUT2D eigenvalue weighted by molar-refractivity contribution is -0.118. The van der Waals surface area contributed by atoms with Crippen LogP contribution in [0.4, 0.5) is 5.69 Å². The normalized spacial score (nSPS) is 10.5. The number of aryl methyl sites for hydroxylation is 1. The minimum absolute atomic E-state index is 0.0723. The van der Waals surface area contributed by atoms with Crippen molar-refractivity contribution < 1.29 is 19.1 Å². The van der Waals surface area contributed by atoms with Gasteiger partial charge in [0.1, 0.15) is 11.5 Å². The third-order valence-corrected chi connectivity index (χ3v) is 5.81. The standard InChI is InChI=1S/C29H30N4O4/c1-33(17-7-11-24-19-27(32-31-24)21-8-4-3-5-9-21)29(35)22-13-15-25(16-14-22)37-20-28(34)30-23-10-6-12-26(18-23)36-2/h3-6,8-10,12-16,18-19H,7,11,17,20H2,1-2H3,(H,30,34)(H,31,32). The number of methoxy groups -OCH3 is 1. The van der Waals surface area contributed by atoms with E-state index in [1.807, 2.05) is 36.4 Å². The molecule has 1 aromatic heterocycles. The second-order valence-electron chi connectivity index (χ2n) is 8.57. The zero-order chi connectivity index (χ0) is 26.0. The Labute approximate surface area is 216 Å². The number of benzene rings is 3. The summed E-state index contributed by atoms with van der Waals surface area (Å²) in [4.78, 5) is 26.7. The van der Waals surface area contributed by atoms with E-state index in [9.17, 15) is 9.59 Å². The summed E-state index contributed by atoms with van der Waals surface area (Å²) < 4.78 is 10.7. The second kappa shape index (κ2) is 12.4. The molecule has 4 aromatic rings. The molecule has 0 spiro atoms. The van der Waals surface area contributed by atoms with E-state index in [-0.39, 0.29) is 18.4 Å². The van der Waals surface area contributed by atoms with Crippen molar-refractivity contribution in [2.24, 2.45) is 0 Å². The summed E-state index contributed by atoms with van der Waals surface area (Å²) in [5, 5.41) is 10.2. The monoisotopic (exact) mass is 498 g/mol. The first-order valence-corrected chi connectivity index (χ1v) is 12.0. The van der Waals surface area contributed by atoms with Crippen molar-refractivity contribution in [2.75, 3.05) is 32.6 Å². The molecule has 0 aliphatic carbocycles. The number of aromatic amines is 1. The summed E-state index contributed by atoms with van der Waals surface area (Å²) in [7, 11) is 3.36. The van der Waals surface area contributed by atoms with Crippen molar-refractivity contribution in [3.8, 4) is 22.8 Å². The van der Waals surface area contributed by atoms with E-state index >= 15 is 0 Å². The van der Waals surface area contributed by atoms with E-state index in [4.69, 9.17) is 9.47 Å². The molecule has 0 fully saturated rings. The summed E-state index contributed by atoms with van der Waals surface area (Å²) in [5.41, 5.74) is 4.21. The minimum atomic E-state index is -0.290. The Kier molecular flexibility index (Phi) is 8.54. The largest absolute Gasteiger partial charge is 0.497 e. The fourth-order valence-electron chi connectivity index (χ4n) is 3.82. The Hall–Kier alpha value is -4.59. The highest BCUT2D eigenvalue weighted by molar-refractivity contribution is 5.94. The SMILES string of the molecule is COc1cccc(NC(=O)COc2ccc(C(=O)N(C)CCCc3cc(-c4ccccc4)n[nH]3)cc2)c1. The van der Waals surface area contributed by atoms with Gasteiger partial charge < -0.3 is 19.7 Å². The van der Waals surface area contributed by atoms with E-state index in [1.54, 1.807) is 67.6 Å². The Morgan fingerprint density at radius 3 is 2.49 bits per heavy atom. The van der Waals surface area contributed by atoms with E-state index in [2.05, 4.69) is 15.5 Å². The highest BCUT2D eigenvalue weighted by Crippen LogP contribution is 2.19. The third kappa shape index (κ3) is 7.20. The van der Waals surface area contributed by atoms with Crippen LogP contribution in [0.5, 0.6) is 11.5 Å². The first kappa shape index (κ1) is 25.5. The maximum Gasteiger partial charge on any atom is 0.262 e. The lowest BCUT2D eigenvalue weighted by Crippen LogP contribution is -2.28. The summed E-state index contributed by atoms with van der Waals surface area (Å²) in [6.07, 6.45) is 1.60.